The van der Waals surface area contributed by atoms with Crippen LogP contribution in [0, 0.1) is 13.8 Å². The normalized spacial score (nSPS) is 13.2. The lowest BCUT2D eigenvalue weighted by atomic mass is 9.99. The van der Waals surface area contributed by atoms with Crippen molar-refractivity contribution in [3.63, 3.8) is 0 Å². The number of nitrogens with zero attached hydrogens (tertiary/aromatic N) is 1. The lowest BCUT2D eigenvalue weighted by Gasteiger charge is -2.23. The molecule has 0 saturated carbocycles. The summed E-state index contributed by atoms with van der Waals surface area (Å²) in [6, 6.07) is 6.66. The highest BCUT2D eigenvalue weighted by Gasteiger charge is 2.12. The van der Waals surface area contributed by atoms with Gasteiger partial charge in [0.2, 0.25) is 0 Å². The first-order valence-electron chi connectivity index (χ1n) is 5.25. The number of hydrazine groups is 1. The van der Waals surface area contributed by atoms with Crippen LogP contribution in [-0.4, -0.2) is 25.6 Å². The maximum atomic E-state index is 5.78. The number of aryl methyl sites for hydroxylation is 2. The van der Waals surface area contributed by atoms with E-state index in [2.05, 4.69) is 37.5 Å². The minimum absolute atomic E-state index is 0.194. The molecule has 1 rings (SSSR count). The summed E-state index contributed by atoms with van der Waals surface area (Å²) < 4.78 is 0. The third kappa shape index (κ3) is 3.30. The van der Waals surface area contributed by atoms with E-state index in [1.165, 1.54) is 16.7 Å². The first-order valence-corrected chi connectivity index (χ1v) is 5.25. The fourth-order valence-corrected chi connectivity index (χ4v) is 1.70. The zero-order chi connectivity index (χ0) is 11.4. The number of hydrogen-bond donors (Lipinski definition) is 2. The van der Waals surface area contributed by atoms with Crippen molar-refractivity contribution >= 4 is 0 Å². The molecule has 0 aliphatic rings. The Bertz CT molecular complexity index is 321. The van der Waals surface area contributed by atoms with Crippen molar-refractivity contribution in [3.8, 4) is 0 Å². The summed E-state index contributed by atoms with van der Waals surface area (Å²) in [5, 5.41) is 1.94. The Kier molecular flexibility index (Phi) is 4.27. The highest BCUT2D eigenvalue weighted by molar-refractivity contribution is 5.33. The molecule has 1 aromatic rings. The van der Waals surface area contributed by atoms with E-state index in [-0.39, 0.29) is 6.04 Å². The van der Waals surface area contributed by atoms with Gasteiger partial charge in [-0.2, -0.15) is 0 Å². The zero-order valence-corrected chi connectivity index (χ0v) is 10.0. The van der Waals surface area contributed by atoms with Gasteiger partial charge in [0, 0.05) is 20.6 Å². The first-order chi connectivity index (χ1) is 7.04. The first kappa shape index (κ1) is 12.2. The SMILES string of the molecule is Cc1ccc(C)c(C(CN)NN(C)C)c1. The molecule has 0 bridgehead atoms. The minimum atomic E-state index is 0.194. The Hall–Kier alpha value is -0.900. The summed E-state index contributed by atoms with van der Waals surface area (Å²) in [5.41, 5.74) is 12.9. The fraction of sp³-hybridized carbons (Fsp3) is 0.500. The summed E-state index contributed by atoms with van der Waals surface area (Å²) in [6.45, 7) is 4.82. The Morgan fingerprint density at radius 3 is 2.53 bits per heavy atom. The van der Waals surface area contributed by atoms with E-state index in [0.717, 1.165) is 0 Å². The van der Waals surface area contributed by atoms with E-state index >= 15 is 0 Å². The predicted molar refractivity (Wildman–Crippen MR) is 64.5 cm³/mol. The molecule has 0 heterocycles. The van der Waals surface area contributed by atoms with Crippen LogP contribution in [0.4, 0.5) is 0 Å². The molecule has 0 spiro atoms. The van der Waals surface area contributed by atoms with E-state index in [4.69, 9.17) is 5.73 Å². The van der Waals surface area contributed by atoms with Crippen LogP contribution in [0.2, 0.25) is 0 Å². The van der Waals surface area contributed by atoms with Crippen LogP contribution < -0.4 is 11.2 Å². The summed E-state index contributed by atoms with van der Waals surface area (Å²) in [7, 11) is 3.96. The zero-order valence-electron chi connectivity index (χ0n) is 10.0. The second-order valence-corrected chi connectivity index (χ2v) is 4.17. The number of nitrogens with two attached hydrogens (primary N) is 1. The summed E-state index contributed by atoms with van der Waals surface area (Å²) in [6.07, 6.45) is 0. The van der Waals surface area contributed by atoms with Gasteiger partial charge in [-0.1, -0.05) is 23.8 Å². The molecule has 0 saturated heterocycles. The lowest BCUT2D eigenvalue weighted by molar-refractivity contribution is 0.245. The lowest BCUT2D eigenvalue weighted by Crippen LogP contribution is -2.38. The van der Waals surface area contributed by atoms with Crippen molar-refractivity contribution < 1.29 is 0 Å². The standard InChI is InChI=1S/C12H21N3/c1-9-5-6-10(2)11(7-9)12(8-13)14-15(3)4/h5-7,12,14H,8,13H2,1-4H3. The van der Waals surface area contributed by atoms with Gasteiger partial charge in [0.15, 0.2) is 0 Å². The molecule has 3 N–H and O–H groups in total. The molecule has 1 unspecified atom stereocenters. The Morgan fingerprint density at radius 2 is 2.00 bits per heavy atom. The number of hydrogen-bond acceptors (Lipinski definition) is 3. The van der Waals surface area contributed by atoms with Gasteiger partial charge in [0.25, 0.3) is 0 Å². The van der Waals surface area contributed by atoms with Crippen LogP contribution >= 0.6 is 0 Å². The molecule has 0 fully saturated rings. The van der Waals surface area contributed by atoms with E-state index in [0.29, 0.717) is 6.54 Å². The van der Waals surface area contributed by atoms with Crippen molar-refractivity contribution in [1.29, 1.82) is 0 Å². The molecule has 3 heteroatoms. The monoisotopic (exact) mass is 207 g/mol. The maximum Gasteiger partial charge on any atom is 0.0589 e. The van der Waals surface area contributed by atoms with E-state index in [9.17, 15) is 0 Å². The third-order valence-corrected chi connectivity index (χ3v) is 2.46. The molecule has 0 radical (unpaired) electrons. The smallest absolute Gasteiger partial charge is 0.0589 e. The van der Waals surface area contributed by atoms with Gasteiger partial charge in [-0.15, -0.1) is 0 Å². The van der Waals surface area contributed by atoms with Crippen molar-refractivity contribution in [2.75, 3.05) is 20.6 Å². The summed E-state index contributed by atoms with van der Waals surface area (Å²) in [4.78, 5) is 0. The van der Waals surface area contributed by atoms with E-state index in [1.54, 1.807) is 0 Å². The van der Waals surface area contributed by atoms with E-state index in [1.807, 2.05) is 19.1 Å². The highest BCUT2D eigenvalue weighted by Crippen LogP contribution is 2.18. The van der Waals surface area contributed by atoms with Crippen molar-refractivity contribution in [2.45, 2.75) is 19.9 Å². The van der Waals surface area contributed by atoms with Crippen LogP contribution in [0.1, 0.15) is 22.7 Å². The average molecular weight is 207 g/mol. The second-order valence-electron chi connectivity index (χ2n) is 4.17. The molecule has 0 aromatic heterocycles. The molecule has 1 aromatic carbocycles. The molecular weight excluding hydrogens is 186 g/mol. The molecule has 0 aliphatic carbocycles. The number of benzene rings is 1. The van der Waals surface area contributed by atoms with Gasteiger partial charge in [0.1, 0.15) is 0 Å². The minimum Gasteiger partial charge on any atom is -0.329 e. The Morgan fingerprint density at radius 1 is 1.33 bits per heavy atom. The second kappa shape index (κ2) is 5.26. The fourth-order valence-electron chi connectivity index (χ4n) is 1.70. The van der Waals surface area contributed by atoms with Crippen LogP contribution in [0.15, 0.2) is 18.2 Å². The molecule has 84 valence electrons. The van der Waals surface area contributed by atoms with Gasteiger partial charge in [-0.05, 0) is 25.0 Å². The van der Waals surface area contributed by atoms with Crippen LogP contribution in [0.25, 0.3) is 0 Å². The van der Waals surface area contributed by atoms with Crippen molar-refractivity contribution in [1.82, 2.24) is 10.4 Å². The average Bonchev–Trinajstić information content (AvgIpc) is 2.18. The van der Waals surface area contributed by atoms with E-state index < -0.39 is 0 Å². The van der Waals surface area contributed by atoms with Gasteiger partial charge in [-0.3, -0.25) is 0 Å². The topological polar surface area (TPSA) is 41.3 Å². The number of nitrogens with one attached hydrogen (secondary N) is 1. The van der Waals surface area contributed by atoms with Crippen LogP contribution in [0.3, 0.4) is 0 Å². The molecule has 15 heavy (non-hydrogen) atoms. The van der Waals surface area contributed by atoms with Crippen LogP contribution in [-0.2, 0) is 0 Å². The van der Waals surface area contributed by atoms with Gasteiger partial charge in [0.05, 0.1) is 6.04 Å². The maximum absolute atomic E-state index is 5.78. The van der Waals surface area contributed by atoms with Crippen molar-refractivity contribution in [3.05, 3.63) is 34.9 Å². The van der Waals surface area contributed by atoms with Gasteiger partial charge in [-0.25, -0.2) is 10.4 Å². The number of rotatable bonds is 4. The summed E-state index contributed by atoms with van der Waals surface area (Å²) in [5.74, 6) is 0. The highest BCUT2D eigenvalue weighted by atomic mass is 15.5. The molecule has 3 nitrogen and oxygen atoms in total. The Balaban J connectivity index is 2.95. The molecule has 0 amide bonds. The predicted octanol–water partition coefficient (Wildman–Crippen LogP) is 1.37. The summed E-state index contributed by atoms with van der Waals surface area (Å²) >= 11 is 0. The van der Waals surface area contributed by atoms with Gasteiger partial charge >= 0.3 is 0 Å². The van der Waals surface area contributed by atoms with Crippen molar-refractivity contribution in [2.24, 2.45) is 5.73 Å². The van der Waals surface area contributed by atoms with Gasteiger partial charge < -0.3 is 5.73 Å². The Labute approximate surface area is 92.2 Å². The molecule has 0 aliphatic heterocycles. The molecular formula is C12H21N3. The van der Waals surface area contributed by atoms with Crippen LogP contribution in [0.5, 0.6) is 0 Å². The quantitative estimate of drug-likeness (QED) is 0.733. The largest absolute Gasteiger partial charge is 0.329 e. The molecule has 1 atom stereocenters. The third-order valence-electron chi connectivity index (χ3n) is 2.46.